The number of halogens is 1. The van der Waals surface area contributed by atoms with Crippen molar-refractivity contribution in [1.82, 2.24) is 15.5 Å². The first kappa shape index (κ1) is 21.5. The van der Waals surface area contributed by atoms with Gasteiger partial charge in [0.05, 0.1) is 6.61 Å². The van der Waals surface area contributed by atoms with Crippen LogP contribution in [0.3, 0.4) is 0 Å². The second-order valence-corrected chi connectivity index (χ2v) is 7.24. The predicted molar refractivity (Wildman–Crippen MR) is 107 cm³/mol. The molecule has 0 spiro atoms. The van der Waals surface area contributed by atoms with Crippen LogP contribution >= 0.6 is 12.4 Å². The molecule has 0 radical (unpaired) electrons. The summed E-state index contributed by atoms with van der Waals surface area (Å²) in [5, 5.41) is 6.38. The van der Waals surface area contributed by atoms with Gasteiger partial charge in [-0.15, -0.1) is 12.4 Å². The molecule has 150 valence electrons. The van der Waals surface area contributed by atoms with Gasteiger partial charge in [0.2, 0.25) is 5.91 Å². The Morgan fingerprint density at radius 3 is 2.37 bits per heavy atom. The first-order chi connectivity index (χ1) is 12.6. The molecule has 1 aromatic carbocycles. The largest absolute Gasteiger partial charge is 0.494 e. The summed E-state index contributed by atoms with van der Waals surface area (Å²) in [6.45, 7) is 7.78. The topological polar surface area (TPSA) is 70.7 Å². The fourth-order valence-corrected chi connectivity index (χ4v) is 3.48. The van der Waals surface area contributed by atoms with Gasteiger partial charge in [-0.3, -0.25) is 9.59 Å². The van der Waals surface area contributed by atoms with E-state index >= 15 is 0 Å². The molecule has 2 N–H and O–H groups in total. The van der Waals surface area contributed by atoms with E-state index in [-0.39, 0.29) is 36.2 Å². The molecule has 7 heteroatoms. The zero-order valence-corrected chi connectivity index (χ0v) is 16.9. The van der Waals surface area contributed by atoms with Gasteiger partial charge in [0, 0.05) is 30.6 Å². The number of benzene rings is 1. The maximum atomic E-state index is 12.6. The van der Waals surface area contributed by atoms with Crippen LogP contribution in [0.5, 0.6) is 5.75 Å². The van der Waals surface area contributed by atoms with Crippen LogP contribution in [0.1, 0.15) is 37.0 Å². The molecule has 0 saturated carbocycles. The molecule has 27 heavy (non-hydrogen) atoms. The Morgan fingerprint density at radius 1 is 1.22 bits per heavy atom. The van der Waals surface area contributed by atoms with Crippen LogP contribution in [0.2, 0.25) is 0 Å². The fraction of sp³-hybridized carbons (Fsp3) is 0.600. The van der Waals surface area contributed by atoms with Crippen LogP contribution in [0.25, 0.3) is 0 Å². The zero-order valence-electron chi connectivity index (χ0n) is 16.1. The van der Waals surface area contributed by atoms with Crippen molar-refractivity contribution >= 4 is 24.2 Å². The van der Waals surface area contributed by atoms with Gasteiger partial charge >= 0.3 is 0 Å². The number of amides is 2. The number of hydrogen-bond donors (Lipinski definition) is 2. The third-order valence-corrected chi connectivity index (χ3v) is 5.47. The van der Waals surface area contributed by atoms with E-state index in [1.54, 1.807) is 0 Å². The van der Waals surface area contributed by atoms with Crippen LogP contribution in [-0.2, 0) is 4.79 Å². The summed E-state index contributed by atoms with van der Waals surface area (Å²) in [6.07, 6.45) is 1.62. The van der Waals surface area contributed by atoms with Gasteiger partial charge in [0.15, 0.2) is 0 Å². The molecule has 1 atom stereocenters. The highest BCUT2D eigenvalue weighted by Crippen LogP contribution is 2.19. The Hall–Kier alpha value is -1.79. The lowest BCUT2D eigenvalue weighted by Gasteiger charge is -2.35. The van der Waals surface area contributed by atoms with E-state index in [0.717, 1.165) is 31.7 Å². The van der Waals surface area contributed by atoms with Crippen molar-refractivity contribution in [1.29, 1.82) is 0 Å². The van der Waals surface area contributed by atoms with Gasteiger partial charge in [-0.25, -0.2) is 0 Å². The van der Waals surface area contributed by atoms with Crippen LogP contribution in [-0.4, -0.2) is 55.5 Å². The molecule has 6 nitrogen and oxygen atoms in total. The summed E-state index contributed by atoms with van der Waals surface area (Å²) in [5.41, 5.74) is 0.682. The highest BCUT2D eigenvalue weighted by Gasteiger charge is 2.31. The van der Waals surface area contributed by atoms with Gasteiger partial charge in [-0.2, -0.15) is 0 Å². The molecule has 2 saturated heterocycles. The number of likely N-dealkylation sites (tertiary alicyclic amines) is 1. The molecule has 0 bridgehead atoms. The summed E-state index contributed by atoms with van der Waals surface area (Å²) >= 11 is 0. The van der Waals surface area contributed by atoms with E-state index in [2.05, 4.69) is 10.6 Å². The Bertz CT molecular complexity index is 626. The van der Waals surface area contributed by atoms with Crippen molar-refractivity contribution in [2.24, 2.45) is 11.8 Å². The van der Waals surface area contributed by atoms with Crippen LogP contribution in [0.4, 0.5) is 0 Å². The average molecular weight is 396 g/mol. The number of hydrogen-bond acceptors (Lipinski definition) is 4. The summed E-state index contributed by atoms with van der Waals surface area (Å²) in [7, 11) is 0. The van der Waals surface area contributed by atoms with Gasteiger partial charge in [-0.05, 0) is 63.0 Å². The standard InChI is InChI=1S/C20H29N3O3.ClH/c1-3-26-18-6-4-15(5-7-18)20(25)23-10-8-17(9-11-23)22-19(24)14(2)16-12-21-13-16;/h4-7,14,16-17,21H,3,8-13H2,1-2H3,(H,22,24);1H. The average Bonchev–Trinajstić information content (AvgIpc) is 2.61. The highest BCUT2D eigenvalue weighted by atomic mass is 35.5. The number of nitrogens with zero attached hydrogens (tertiary/aromatic N) is 1. The summed E-state index contributed by atoms with van der Waals surface area (Å²) in [4.78, 5) is 26.8. The number of ether oxygens (including phenoxy) is 1. The van der Waals surface area contributed by atoms with E-state index in [1.165, 1.54) is 0 Å². The van der Waals surface area contributed by atoms with Gasteiger partial charge in [0.1, 0.15) is 5.75 Å². The molecule has 0 aromatic heterocycles. The van der Waals surface area contributed by atoms with Crippen molar-refractivity contribution in [2.45, 2.75) is 32.7 Å². The minimum atomic E-state index is 0. The normalized spacial score (nSPS) is 18.8. The predicted octanol–water partition coefficient (Wildman–Crippen LogP) is 2.08. The third-order valence-electron chi connectivity index (χ3n) is 5.47. The minimum absolute atomic E-state index is 0. The minimum Gasteiger partial charge on any atom is -0.494 e. The lowest BCUT2D eigenvalue weighted by Crippen LogP contribution is -2.52. The van der Waals surface area contributed by atoms with Crippen molar-refractivity contribution < 1.29 is 14.3 Å². The molecule has 2 fully saturated rings. The van der Waals surface area contributed by atoms with Crippen molar-refractivity contribution in [3.05, 3.63) is 29.8 Å². The number of rotatable bonds is 6. The molecule has 0 aliphatic carbocycles. The smallest absolute Gasteiger partial charge is 0.253 e. The highest BCUT2D eigenvalue weighted by molar-refractivity contribution is 5.94. The van der Waals surface area contributed by atoms with Gasteiger partial charge in [0.25, 0.3) is 5.91 Å². The Labute approximate surface area is 167 Å². The molecule has 2 aliphatic heterocycles. The molecule has 2 aliphatic rings. The quantitative estimate of drug-likeness (QED) is 0.773. The van der Waals surface area contributed by atoms with Crippen molar-refractivity contribution in [3.8, 4) is 5.75 Å². The Kier molecular flexibility index (Phi) is 7.92. The molecule has 2 amide bonds. The molecule has 3 rings (SSSR count). The summed E-state index contributed by atoms with van der Waals surface area (Å²) < 4.78 is 5.42. The second-order valence-electron chi connectivity index (χ2n) is 7.24. The molecule has 2 heterocycles. The number of piperidine rings is 1. The maximum absolute atomic E-state index is 12.6. The lowest BCUT2D eigenvalue weighted by molar-refractivity contribution is -0.127. The first-order valence-corrected chi connectivity index (χ1v) is 9.61. The van der Waals surface area contributed by atoms with Gasteiger partial charge < -0.3 is 20.3 Å². The lowest BCUT2D eigenvalue weighted by atomic mass is 9.88. The molecule has 1 aromatic rings. The maximum Gasteiger partial charge on any atom is 0.253 e. The van der Waals surface area contributed by atoms with Crippen LogP contribution in [0, 0.1) is 11.8 Å². The van der Waals surface area contributed by atoms with Crippen molar-refractivity contribution in [2.75, 3.05) is 32.8 Å². The Balaban J connectivity index is 0.00000261. The summed E-state index contributed by atoms with van der Waals surface area (Å²) in [5.74, 6) is 1.48. The van der Waals surface area contributed by atoms with E-state index in [9.17, 15) is 9.59 Å². The van der Waals surface area contributed by atoms with E-state index in [0.29, 0.717) is 31.2 Å². The number of carbonyl (C=O) groups is 2. The third kappa shape index (κ3) is 5.36. The monoisotopic (exact) mass is 395 g/mol. The van der Waals surface area contributed by atoms with Crippen LogP contribution < -0.4 is 15.4 Å². The van der Waals surface area contributed by atoms with E-state index in [4.69, 9.17) is 4.74 Å². The number of nitrogens with one attached hydrogen (secondary N) is 2. The van der Waals surface area contributed by atoms with Crippen molar-refractivity contribution in [3.63, 3.8) is 0 Å². The second kappa shape index (κ2) is 9.95. The molecule has 1 unspecified atom stereocenters. The van der Waals surface area contributed by atoms with Gasteiger partial charge in [-0.1, -0.05) is 6.92 Å². The van der Waals surface area contributed by atoms with Crippen LogP contribution in [0.15, 0.2) is 24.3 Å². The first-order valence-electron chi connectivity index (χ1n) is 9.61. The molecular formula is C20H30ClN3O3. The van der Waals surface area contributed by atoms with E-state index < -0.39 is 0 Å². The summed E-state index contributed by atoms with van der Waals surface area (Å²) in [6, 6.07) is 7.47. The zero-order chi connectivity index (χ0) is 18.5. The Morgan fingerprint density at radius 2 is 1.85 bits per heavy atom. The van der Waals surface area contributed by atoms with E-state index in [1.807, 2.05) is 43.0 Å². The SMILES string of the molecule is CCOc1ccc(C(=O)N2CCC(NC(=O)C(C)C3CNC3)CC2)cc1.Cl. The fourth-order valence-electron chi connectivity index (χ4n) is 3.48. The molecular weight excluding hydrogens is 366 g/mol. The number of carbonyl (C=O) groups excluding carboxylic acids is 2.